The number of unbranched alkanes of at least 4 members (excludes halogenated alkanes) is 3. The first-order chi connectivity index (χ1) is 12.7. The summed E-state index contributed by atoms with van der Waals surface area (Å²) in [6.07, 6.45) is 7.32. The number of pyridine rings is 1. The molecule has 2 aromatic rings. The molecular weight excluding hydrogens is 369 g/mol. The van der Waals surface area contributed by atoms with E-state index < -0.39 is 0 Å². The fourth-order valence-electron chi connectivity index (χ4n) is 2.60. The monoisotopic (exact) mass is 395 g/mol. The molecule has 1 aromatic carbocycles. The van der Waals surface area contributed by atoms with E-state index in [0.29, 0.717) is 15.7 Å². The number of benzene rings is 1. The fourth-order valence-corrected chi connectivity index (χ4v) is 3.14. The van der Waals surface area contributed by atoms with Gasteiger partial charge >= 0.3 is 0 Å². The second-order valence-corrected chi connectivity index (χ2v) is 7.06. The van der Waals surface area contributed by atoms with Gasteiger partial charge in [0, 0.05) is 31.5 Å². The van der Waals surface area contributed by atoms with E-state index in [1.165, 1.54) is 12.8 Å². The molecule has 0 aliphatic heterocycles. The number of rotatable bonds is 12. The summed E-state index contributed by atoms with van der Waals surface area (Å²) in [5.41, 5.74) is 8.32. The number of nitrogen functional groups attached to an aromatic ring is 1. The molecule has 0 unspecified atom stereocenters. The van der Waals surface area contributed by atoms with Gasteiger partial charge < -0.3 is 15.8 Å². The number of anilines is 1. The quantitative estimate of drug-likeness (QED) is 0.397. The van der Waals surface area contributed by atoms with Crippen molar-refractivity contribution in [3.05, 3.63) is 57.8 Å². The summed E-state index contributed by atoms with van der Waals surface area (Å²) in [7, 11) is 0. The first kappa shape index (κ1) is 21.0. The Bertz CT molecular complexity index is 630. The van der Waals surface area contributed by atoms with Gasteiger partial charge in [0.15, 0.2) is 0 Å². The highest BCUT2D eigenvalue weighted by molar-refractivity contribution is 6.38. The van der Waals surface area contributed by atoms with Crippen molar-refractivity contribution in [2.24, 2.45) is 0 Å². The molecule has 3 N–H and O–H groups in total. The summed E-state index contributed by atoms with van der Waals surface area (Å²) in [5, 5.41) is 4.43. The zero-order chi connectivity index (χ0) is 18.6. The zero-order valence-corrected chi connectivity index (χ0v) is 16.5. The normalized spacial score (nSPS) is 11.0. The number of nitrogens with zero attached hydrogens (tertiary/aromatic N) is 1. The fraction of sp³-hybridized carbons (Fsp3) is 0.450. The van der Waals surface area contributed by atoms with Gasteiger partial charge in [-0.15, -0.1) is 0 Å². The molecule has 0 saturated heterocycles. The Kier molecular flexibility index (Phi) is 9.78. The smallest absolute Gasteiger partial charge is 0.0693 e. The van der Waals surface area contributed by atoms with Crippen LogP contribution < -0.4 is 11.1 Å². The third kappa shape index (κ3) is 7.92. The molecule has 6 heteroatoms. The summed E-state index contributed by atoms with van der Waals surface area (Å²) in [5.74, 6) is 0. The largest absolute Gasteiger partial charge is 0.396 e. The Balaban J connectivity index is 1.42. The molecule has 0 bridgehead atoms. The Morgan fingerprint density at radius 3 is 2.50 bits per heavy atom. The molecule has 142 valence electrons. The topological polar surface area (TPSA) is 60.2 Å². The highest BCUT2D eigenvalue weighted by atomic mass is 35.5. The summed E-state index contributed by atoms with van der Waals surface area (Å²) in [6.45, 7) is 3.28. The molecule has 0 saturated carbocycles. The highest BCUT2D eigenvalue weighted by Gasteiger charge is 2.04. The van der Waals surface area contributed by atoms with Crippen LogP contribution in [-0.2, 0) is 17.7 Å². The van der Waals surface area contributed by atoms with Crippen molar-refractivity contribution in [2.75, 3.05) is 25.5 Å². The first-order valence-electron chi connectivity index (χ1n) is 9.08. The van der Waals surface area contributed by atoms with Crippen molar-refractivity contribution >= 4 is 28.9 Å². The molecule has 26 heavy (non-hydrogen) atoms. The molecular formula is C20H27Cl2N3O. The SMILES string of the molecule is Nc1c(Cl)cc(CNCCCCCCOCCc2ccccn2)cc1Cl. The van der Waals surface area contributed by atoms with Crippen molar-refractivity contribution in [3.8, 4) is 0 Å². The summed E-state index contributed by atoms with van der Waals surface area (Å²) in [6, 6.07) is 9.69. The van der Waals surface area contributed by atoms with E-state index in [1.807, 2.05) is 36.5 Å². The van der Waals surface area contributed by atoms with Gasteiger partial charge in [0.2, 0.25) is 0 Å². The van der Waals surface area contributed by atoms with Crippen LogP contribution in [0.2, 0.25) is 10.0 Å². The molecule has 4 nitrogen and oxygen atoms in total. The van der Waals surface area contributed by atoms with Crippen LogP contribution in [-0.4, -0.2) is 24.7 Å². The average Bonchev–Trinajstić information content (AvgIpc) is 2.65. The van der Waals surface area contributed by atoms with E-state index in [2.05, 4.69) is 10.3 Å². The number of nitrogens with two attached hydrogens (primary N) is 1. The van der Waals surface area contributed by atoms with Crippen LogP contribution in [0, 0.1) is 0 Å². The summed E-state index contributed by atoms with van der Waals surface area (Å²) in [4.78, 5) is 4.28. The van der Waals surface area contributed by atoms with E-state index in [-0.39, 0.29) is 0 Å². The van der Waals surface area contributed by atoms with Gasteiger partial charge in [-0.25, -0.2) is 0 Å². The number of halogens is 2. The van der Waals surface area contributed by atoms with Gasteiger partial charge in [0.1, 0.15) is 0 Å². The Hall–Kier alpha value is -1.33. The van der Waals surface area contributed by atoms with Crippen LogP contribution in [0.1, 0.15) is 36.9 Å². The minimum absolute atomic E-state index is 0.444. The van der Waals surface area contributed by atoms with Gasteiger partial charge in [-0.1, -0.05) is 42.1 Å². The summed E-state index contributed by atoms with van der Waals surface area (Å²) >= 11 is 12.1. The molecule has 1 heterocycles. The lowest BCUT2D eigenvalue weighted by atomic mass is 10.2. The maximum absolute atomic E-state index is 6.03. The van der Waals surface area contributed by atoms with Crippen LogP contribution in [0.25, 0.3) is 0 Å². The molecule has 0 spiro atoms. The second kappa shape index (κ2) is 12.1. The van der Waals surface area contributed by atoms with E-state index in [4.69, 9.17) is 33.7 Å². The van der Waals surface area contributed by atoms with E-state index in [9.17, 15) is 0 Å². The van der Waals surface area contributed by atoms with Crippen LogP contribution in [0.5, 0.6) is 0 Å². The second-order valence-electron chi connectivity index (χ2n) is 6.25. The third-order valence-electron chi connectivity index (χ3n) is 4.09. The van der Waals surface area contributed by atoms with Crippen molar-refractivity contribution in [1.29, 1.82) is 0 Å². The van der Waals surface area contributed by atoms with Crippen LogP contribution >= 0.6 is 23.2 Å². The standard InChI is InChI=1S/C20H27Cl2N3O/c21-18-13-16(14-19(22)20(18)23)15-24-9-4-1-2-6-11-26-12-8-17-7-3-5-10-25-17/h3,5,7,10,13-14,24H,1-2,4,6,8-9,11-12,15,23H2. The minimum Gasteiger partial charge on any atom is -0.396 e. The van der Waals surface area contributed by atoms with Gasteiger partial charge in [0.05, 0.1) is 22.3 Å². The summed E-state index contributed by atoms with van der Waals surface area (Å²) < 4.78 is 5.66. The number of nitrogens with one attached hydrogen (secondary N) is 1. The van der Waals surface area contributed by atoms with E-state index >= 15 is 0 Å². The predicted octanol–water partition coefficient (Wildman–Crippen LogP) is 4.88. The molecule has 0 radical (unpaired) electrons. The maximum Gasteiger partial charge on any atom is 0.0693 e. The lowest BCUT2D eigenvalue weighted by molar-refractivity contribution is 0.132. The molecule has 0 amide bonds. The van der Waals surface area contributed by atoms with Crippen molar-refractivity contribution in [2.45, 2.75) is 38.6 Å². The van der Waals surface area contributed by atoms with Crippen LogP contribution in [0.15, 0.2) is 36.5 Å². The van der Waals surface area contributed by atoms with Gasteiger partial charge in [-0.2, -0.15) is 0 Å². The van der Waals surface area contributed by atoms with Crippen LogP contribution in [0.3, 0.4) is 0 Å². The molecule has 0 aliphatic carbocycles. The van der Waals surface area contributed by atoms with Gasteiger partial charge in [-0.05, 0) is 49.2 Å². The molecule has 2 rings (SSSR count). The highest BCUT2D eigenvalue weighted by Crippen LogP contribution is 2.28. The van der Waals surface area contributed by atoms with E-state index in [1.54, 1.807) is 0 Å². The number of aromatic nitrogens is 1. The van der Waals surface area contributed by atoms with Gasteiger partial charge in [0.25, 0.3) is 0 Å². The lowest BCUT2D eigenvalue weighted by Crippen LogP contribution is -2.14. The number of hydrogen-bond donors (Lipinski definition) is 2. The van der Waals surface area contributed by atoms with Gasteiger partial charge in [-0.3, -0.25) is 4.98 Å². The van der Waals surface area contributed by atoms with Crippen molar-refractivity contribution < 1.29 is 4.74 Å². The Morgan fingerprint density at radius 1 is 1.00 bits per heavy atom. The molecule has 0 aliphatic rings. The minimum atomic E-state index is 0.444. The number of hydrogen-bond acceptors (Lipinski definition) is 4. The first-order valence-corrected chi connectivity index (χ1v) is 9.84. The number of ether oxygens (including phenoxy) is 1. The molecule has 1 aromatic heterocycles. The van der Waals surface area contributed by atoms with E-state index in [0.717, 1.165) is 56.8 Å². The predicted molar refractivity (Wildman–Crippen MR) is 110 cm³/mol. The molecule has 0 atom stereocenters. The Morgan fingerprint density at radius 2 is 1.77 bits per heavy atom. The molecule has 0 fully saturated rings. The average molecular weight is 396 g/mol. The lowest BCUT2D eigenvalue weighted by Gasteiger charge is -2.08. The Labute approximate surface area is 166 Å². The maximum atomic E-state index is 6.03. The zero-order valence-electron chi connectivity index (χ0n) is 15.0. The van der Waals surface area contributed by atoms with Crippen molar-refractivity contribution in [3.63, 3.8) is 0 Å². The van der Waals surface area contributed by atoms with Crippen molar-refractivity contribution in [1.82, 2.24) is 10.3 Å². The third-order valence-corrected chi connectivity index (χ3v) is 4.71. The van der Waals surface area contributed by atoms with Crippen LogP contribution in [0.4, 0.5) is 5.69 Å².